The molecule has 0 aliphatic rings. The number of nitrogen functional groups attached to an aromatic ring is 1. The molecule has 2 aromatic heterocycles. The van der Waals surface area contributed by atoms with Crippen LogP contribution in [-0.4, -0.2) is 20.1 Å². The van der Waals surface area contributed by atoms with Gasteiger partial charge in [0.2, 0.25) is 5.89 Å². The molecule has 3 rings (SSSR count). The second-order valence-electron chi connectivity index (χ2n) is 3.84. The molecule has 0 aliphatic heterocycles. The van der Waals surface area contributed by atoms with Gasteiger partial charge in [0.05, 0.1) is 16.8 Å². The molecule has 2 heterocycles. The highest BCUT2D eigenvalue weighted by Gasteiger charge is 2.07. The number of H-pyrrole nitrogens is 1. The Labute approximate surface area is 107 Å². The quantitative estimate of drug-likeness (QED) is 0.554. The highest BCUT2D eigenvalue weighted by atomic mass is 32.2. The molecule has 3 N–H and O–H groups in total. The van der Waals surface area contributed by atoms with E-state index in [9.17, 15) is 0 Å². The average Bonchev–Trinajstić information content (AvgIpc) is 2.92. The molecule has 1 aromatic carbocycles. The number of rotatable bonds is 3. The highest BCUT2D eigenvalue weighted by Crippen LogP contribution is 2.23. The van der Waals surface area contributed by atoms with Crippen LogP contribution in [0.4, 0.5) is 5.69 Å². The minimum atomic E-state index is 0.572. The zero-order chi connectivity index (χ0) is 12.5. The zero-order valence-electron chi connectivity index (χ0n) is 9.67. The van der Waals surface area contributed by atoms with Crippen molar-refractivity contribution in [2.45, 2.75) is 17.8 Å². The first-order valence-corrected chi connectivity index (χ1v) is 6.36. The zero-order valence-corrected chi connectivity index (χ0v) is 10.5. The first-order chi connectivity index (χ1) is 8.70. The Bertz CT molecular complexity index is 690. The Morgan fingerprint density at radius 3 is 3.06 bits per heavy atom. The summed E-state index contributed by atoms with van der Waals surface area (Å²) < 4.78 is 4.91. The summed E-state index contributed by atoms with van der Waals surface area (Å²) in [6.45, 7) is 1.77. The molecule has 0 radical (unpaired) electrons. The summed E-state index contributed by atoms with van der Waals surface area (Å²) in [4.78, 5) is 11.8. The number of aryl methyl sites for hydroxylation is 1. The van der Waals surface area contributed by atoms with E-state index in [2.05, 4.69) is 20.1 Å². The van der Waals surface area contributed by atoms with Crippen molar-refractivity contribution in [1.82, 2.24) is 20.1 Å². The van der Waals surface area contributed by atoms with Gasteiger partial charge in [-0.3, -0.25) is 0 Å². The summed E-state index contributed by atoms with van der Waals surface area (Å²) in [5, 5.41) is 4.65. The highest BCUT2D eigenvalue weighted by molar-refractivity contribution is 7.98. The molecule has 0 aliphatic carbocycles. The number of aromatic amines is 1. The third kappa shape index (κ3) is 2.17. The van der Waals surface area contributed by atoms with Gasteiger partial charge in [-0.15, -0.1) is 0 Å². The first kappa shape index (κ1) is 11.1. The van der Waals surface area contributed by atoms with Crippen LogP contribution in [-0.2, 0) is 5.75 Å². The molecule has 6 nitrogen and oxygen atoms in total. The van der Waals surface area contributed by atoms with Crippen LogP contribution in [0.15, 0.2) is 27.9 Å². The Kier molecular flexibility index (Phi) is 2.67. The molecule has 3 aromatic rings. The molecule has 0 bridgehead atoms. The number of nitrogens with zero attached hydrogens (tertiary/aromatic N) is 3. The van der Waals surface area contributed by atoms with Gasteiger partial charge >= 0.3 is 0 Å². The monoisotopic (exact) mass is 261 g/mol. The molecule has 0 fully saturated rings. The number of thioether (sulfide) groups is 1. The van der Waals surface area contributed by atoms with Crippen LogP contribution < -0.4 is 5.73 Å². The van der Waals surface area contributed by atoms with Crippen molar-refractivity contribution < 1.29 is 4.52 Å². The lowest BCUT2D eigenvalue weighted by molar-refractivity contribution is 0.389. The topological polar surface area (TPSA) is 93.6 Å². The van der Waals surface area contributed by atoms with Crippen LogP contribution in [0.1, 0.15) is 11.7 Å². The maximum Gasteiger partial charge on any atom is 0.223 e. The fourth-order valence-electron chi connectivity index (χ4n) is 1.61. The van der Waals surface area contributed by atoms with Crippen LogP contribution in [0.2, 0.25) is 0 Å². The lowest BCUT2D eigenvalue weighted by atomic mass is 10.3. The predicted molar refractivity (Wildman–Crippen MR) is 69.1 cm³/mol. The second-order valence-corrected chi connectivity index (χ2v) is 4.80. The number of nitrogens with two attached hydrogens (primary N) is 1. The van der Waals surface area contributed by atoms with Gasteiger partial charge in [0, 0.05) is 12.6 Å². The Morgan fingerprint density at radius 1 is 1.39 bits per heavy atom. The van der Waals surface area contributed by atoms with Crippen LogP contribution in [0.25, 0.3) is 11.0 Å². The maximum atomic E-state index is 5.71. The normalized spacial score (nSPS) is 11.2. The van der Waals surface area contributed by atoms with Crippen molar-refractivity contribution in [3.63, 3.8) is 0 Å². The van der Waals surface area contributed by atoms with Gasteiger partial charge in [0.15, 0.2) is 11.0 Å². The fourth-order valence-corrected chi connectivity index (χ4v) is 2.33. The smallest absolute Gasteiger partial charge is 0.223 e. The summed E-state index contributed by atoms with van der Waals surface area (Å²) >= 11 is 1.53. The van der Waals surface area contributed by atoms with E-state index in [4.69, 9.17) is 10.3 Å². The van der Waals surface area contributed by atoms with E-state index in [-0.39, 0.29) is 0 Å². The van der Waals surface area contributed by atoms with Crippen molar-refractivity contribution in [2.75, 3.05) is 5.73 Å². The second kappa shape index (κ2) is 4.34. The fraction of sp³-hybridized carbons (Fsp3) is 0.182. The number of hydrogen-bond acceptors (Lipinski definition) is 6. The van der Waals surface area contributed by atoms with Crippen molar-refractivity contribution >= 4 is 28.5 Å². The number of imidazole rings is 1. The van der Waals surface area contributed by atoms with Gasteiger partial charge in [0.1, 0.15) is 0 Å². The molecule has 0 saturated carbocycles. The summed E-state index contributed by atoms with van der Waals surface area (Å²) in [5.74, 6) is 1.85. The molecular weight excluding hydrogens is 250 g/mol. The number of fused-ring (bicyclic) bond motifs is 1. The molecule has 0 saturated heterocycles. The van der Waals surface area contributed by atoms with Gasteiger partial charge in [-0.05, 0) is 18.2 Å². The SMILES string of the molecule is Cc1nc(CSc2nc3ccc(N)cc3[nH]2)no1. The molecule has 7 heteroatoms. The standard InChI is InChI=1S/C11H11N5OS/c1-6-13-10(16-17-6)5-18-11-14-8-3-2-7(12)4-9(8)15-11/h2-4H,5,12H2,1H3,(H,14,15). The van der Waals surface area contributed by atoms with E-state index in [1.807, 2.05) is 18.2 Å². The number of anilines is 1. The summed E-state index contributed by atoms with van der Waals surface area (Å²) in [5.41, 5.74) is 8.26. The molecule has 0 atom stereocenters. The molecular formula is C11H11N5OS. The van der Waals surface area contributed by atoms with Gasteiger partial charge in [-0.25, -0.2) is 4.98 Å². The van der Waals surface area contributed by atoms with Crippen molar-refractivity contribution in [3.8, 4) is 0 Å². The van der Waals surface area contributed by atoms with Gasteiger partial charge in [0.25, 0.3) is 0 Å². The largest absolute Gasteiger partial charge is 0.399 e. The maximum absolute atomic E-state index is 5.71. The Hall–Kier alpha value is -2.02. The van der Waals surface area contributed by atoms with E-state index in [1.165, 1.54) is 11.8 Å². The Balaban J connectivity index is 1.78. The molecule has 92 valence electrons. The molecule has 18 heavy (non-hydrogen) atoms. The van der Waals surface area contributed by atoms with Crippen molar-refractivity contribution in [3.05, 3.63) is 29.9 Å². The number of aromatic nitrogens is 4. The van der Waals surface area contributed by atoms with E-state index in [1.54, 1.807) is 6.92 Å². The summed E-state index contributed by atoms with van der Waals surface area (Å²) in [6.07, 6.45) is 0. The summed E-state index contributed by atoms with van der Waals surface area (Å²) in [7, 11) is 0. The van der Waals surface area contributed by atoms with Crippen molar-refractivity contribution in [1.29, 1.82) is 0 Å². The van der Waals surface area contributed by atoms with Crippen LogP contribution >= 0.6 is 11.8 Å². The van der Waals surface area contributed by atoms with Crippen molar-refractivity contribution in [2.24, 2.45) is 0 Å². The number of benzene rings is 1. The number of hydrogen-bond donors (Lipinski definition) is 2. The lowest BCUT2D eigenvalue weighted by Crippen LogP contribution is -1.84. The average molecular weight is 261 g/mol. The first-order valence-electron chi connectivity index (χ1n) is 5.38. The van der Waals surface area contributed by atoms with E-state index >= 15 is 0 Å². The minimum Gasteiger partial charge on any atom is -0.399 e. The minimum absolute atomic E-state index is 0.572. The number of nitrogens with one attached hydrogen (secondary N) is 1. The lowest BCUT2D eigenvalue weighted by Gasteiger charge is -1.91. The van der Waals surface area contributed by atoms with E-state index in [0.29, 0.717) is 17.5 Å². The van der Waals surface area contributed by atoms with Crippen LogP contribution in [0.5, 0.6) is 0 Å². The van der Waals surface area contributed by atoms with E-state index < -0.39 is 0 Å². The van der Waals surface area contributed by atoms with Gasteiger partial charge < -0.3 is 15.2 Å². The third-order valence-corrected chi connectivity index (χ3v) is 3.26. The summed E-state index contributed by atoms with van der Waals surface area (Å²) in [6, 6.07) is 5.59. The molecule has 0 unspecified atom stereocenters. The van der Waals surface area contributed by atoms with E-state index in [0.717, 1.165) is 21.9 Å². The predicted octanol–water partition coefficient (Wildman–Crippen LogP) is 2.13. The molecule has 0 spiro atoms. The molecule has 0 amide bonds. The third-order valence-electron chi connectivity index (χ3n) is 2.39. The Morgan fingerprint density at radius 2 is 2.28 bits per heavy atom. The van der Waals surface area contributed by atoms with Gasteiger partial charge in [-0.2, -0.15) is 4.98 Å². The van der Waals surface area contributed by atoms with Gasteiger partial charge in [-0.1, -0.05) is 16.9 Å². The van der Waals surface area contributed by atoms with Crippen LogP contribution in [0, 0.1) is 6.92 Å². The van der Waals surface area contributed by atoms with Crippen LogP contribution in [0.3, 0.4) is 0 Å².